The number of hydrogen-bond acceptors (Lipinski definition) is 4. The smallest absolute Gasteiger partial charge is 0.119 e. The summed E-state index contributed by atoms with van der Waals surface area (Å²) in [6, 6.07) is 9.77. The van der Waals surface area contributed by atoms with Crippen LogP contribution in [0.5, 0.6) is 5.75 Å². The highest BCUT2D eigenvalue weighted by Gasteiger charge is 2.05. The molecule has 0 fully saturated rings. The number of hydrogen-bond donors (Lipinski definition) is 2. The van der Waals surface area contributed by atoms with Crippen molar-refractivity contribution in [1.82, 2.24) is 5.32 Å². The molecule has 0 saturated carbocycles. The molecule has 0 bridgehead atoms. The molecule has 107 valence electrons. The van der Waals surface area contributed by atoms with Crippen molar-refractivity contribution in [2.45, 2.75) is 19.1 Å². The average Bonchev–Trinajstić information content (AvgIpc) is 2.99. The number of furan rings is 1. The number of methoxy groups -OCH3 is 1. The summed E-state index contributed by atoms with van der Waals surface area (Å²) in [5.41, 5.74) is 2.20. The normalized spacial score (nSPS) is 12.3. The van der Waals surface area contributed by atoms with Crippen molar-refractivity contribution in [3.8, 4) is 5.75 Å². The molecule has 2 N–H and O–H groups in total. The van der Waals surface area contributed by atoms with E-state index >= 15 is 0 Å². The van der Waals surface area contributed by atoms with E-state index in [4.69, 9.17) is 9.15 Å². The van der Waals surface area contributed by atoms with Crippen LogP contribution in [-0.4, -0.2) is 24.9 Å². The third kappa shape index (κ3) is 4.72. The molecule has 0 amide bonds. The third-order valence-corrected chi connectivity index (χ3v) is 3.02. The predicted molar refractivity (Wildman–Crippen MR) is 77.4 cm³/mol. The van der Waals surface area contributed by atoms with E-state index in [1.54, 1.807) is 19.6 Å². The molecule has 4 nitrogen and oxygen atoms in total. The molecule has 1 atom stereocenters. The summed E-state index contributed by atoms with van der Waals surface area (Å²) in [6.07, 6.45) is 5.42. The van der Waals surface area contributed by atoms with Gasteiger partial charge in [0.25, 0.3) is 0 Å². The van der Waals surface area contributed by atoms with Crippen LogP contribution >= 0.6 is 0 Å². The molecule has 20 heavy (non-hydrogen) atoms. The van der Waals surface area contributed by atoms with Gasteiger partial charge in [0, 0.05) is 13.1 Å². The lowest BCUT2D eigenvalue weighted by atomic mass is 10.1. The molecule has 0 aliphatic heterocycles. The van der Waals surface area contributed by atoms with Crippen LogP contribution in [0, 0.1) is 6.42 Å². The van der Waals surface area contributed by atoms with E-state index < -0.39 is 6.10 Å². The van der Waals surface area contributed by atoms with Crippen molar-refractivity contribution in [2.24, 2.45) is 0 Å². The Balaban J connectivity index is 1.66. The maximum absolute atomic E-state index is 9.85. The molecule has 0 aliphatic carbocycles. The van der Waals surface area contributed by atoms with E-state index in [0.29, 0.717) is 19.5 Å². The lowest BCUT2D eigenvalue weighted by Crippen LogP contribution is -2.27. The lowest BCUT2D eigenvalue weighted by molar-refractivity contribution is 0.200. The summed E-state index contributed by atoms with van der Waals surface area (Å²) in [5.74, 6) is 0.844. The largest absolute Gasteiger partial charge is 0.497 e. The first-order valence-electron chi connectivity index (χ1n) is 6.64. The SMILES string of the molecule is COc1cccc(CNC[C@H](O)[CH]Cc2ccoc2)c1. The van der Waals surface area contributed by atoms with E-state index in [2.05, 4.69) is 5.32 Å². The molecule has 0 unspecified atom stereocenters. The fraction of sp³-hybridized carbons (Fsp3) is 0.312. The third-order valence-electron chi connectivity index (χ3n) is 3.02. The molecule has 0 spiro atoms. The Hall–Kier alpha value is -1.78. The molecule has 1 radical (unpaired) electrons. The second-order valence-corrected chi connectivity index (χ2v) is 4.62. The minimum Gasteiger partial charge on any atom is -0.497 e. The Labute approximate surface area is 119 Å². The van der Waals surface area contributed by atoms with Crippen LogP contribution in [-0.2, 0) is 13.0 Å². The van der Waals surface area contributed by atoms with Gasteiger partial charge >= 0.3 is 0 Å². The second kappa shape index (κ2) is 7.72. The maximum atomic E-state index is 9.85. The number of aliphatic hydroxyl groups excluding tert-OH is 1. The maximum Gasteiger partial charge on any atom is 0.119 e. The highest BCUT2D eigenvalue weighted by Crippen LogP contribution is 2.12. The molecular weight excluding hydrogens is 254 g/mol. The first-order chi connectivity index (χ1) is 9.78. The van der Waals surface area contributed by atoms with Crippen LogP contribution in [0.4, 0.5) is 0 Å². The van der Waals surface area contributed by atoms with E-state index in [0.717, 1.165) is 16.9 Å². The van der Waals surface area contributed by atoms with Crippen molar-refractivity contribution in [3.63, 3.8) is 0 Å². The summed E-state index contributed by atoms with van der Waals surface area (Å²) >= 11 is 0. The second-order valence-electron chi connectivity index (χ2n) is 4.62. The standard InChI is InChI=1S/C16H20NO3/c1-19-16-4-2-3-14(9-16)10-17-11-15(18)6-5-13-7-8-20-12-13/h2-4,6-9,12,15,17-18H,5,10-11H2,1H3/t15-/m1/s1. The summed E-state index contributed by atoms with van der Waals surface area (Å²) in [5, 5.41) is 13.1. The molecule has 2 rings (SSSR count). The quantitative estimate of drug-likeness (QED) is 0.774. The molecule has 0 aliphatic rings. The van der Waals surface area contributed by atoms with Crippen LogP contribution in [0.3, 0.4) is 0 Å². The van der Waals surface area contributed by atoms with E-state index in [-0.39, 0.29) is 0 Å². The predicted octanol–water partition coefficient (Wildman–Crippen LogP) is 2.19. The molecule has 1 aromatic carbocycles. The van der Waals surface area contributed by atoms with Gasteiger partial charge in [0.1, 0.15) is 5.75 Å². The van der Waals surface area contributed by atoms with Gasteiger partial charge in [0.05, 0.1) is 25.7 Å². The minimum atomic E-state index is -0.476. The first kappa shape index (κ1) is 14.6. The number of aliphatic hydroxyl groups is 1. The van der Waals surface area contributed by atoms with Gasteiger partial charge in [-0.3, -0.25) is 0 Å². The molecule has 4 heteroatoms. The Morgan fingerprint density at radius 3 is 3.00 bits per heavy atom. The van der Waals surface area contributed by atoms with Gasteiger partial charge in [-0.25, -0.2) is 0 Å². The van der Waals surface area contributed by atoms with Crippen molar-refractivity contribution in [1.29, 1.82) is 0 Å². The average molecular weight is 274 g/mol. The zero-order chi connectivity index (χ0) is 14.2. The van der Waals surface area contributed by atoms with E-state index in [9.17, 15) is 5.11 Å². The van der Waals surface area contributed by atoms with Crippen LogP contribution in [0.15, 0.2) is 47.3 Å². The van der Waals surface area contributed by atoms with Crippen LogP contribution < -0.4 is 10.1 Å². The van der Waals surface area contributed by atoms with Crippen molar-refractivity contribution >= 4 is 0 Å². The fourth-order valence-corrected chi connectivity index (χ4v) is 1.91. The van der Waals surface area contributed by atoms with Gasteiger partial charge in [0.15, 0.2) is 0 Å². The first-order valence-corrected chi connectivity index (χ1v) is 6.64. The molecule has 1 heterocycles. The lowest BCUT2D eigenvalue weighted by Gasteiger charge is -2.11. The van der Waals surface area contributed by atoms with Gasteiger partial charge in [-0.05, 0) is 42.2 Å². The fourth-order valence-electron chi connectivity index (χ4n) is 1.91. The summed E-state index contributed by atoms with van der Waals surface area (Å²) in [4.78, 5) is 0. The van der Waals surface area contributed by atoms with Gasteiger partial charge in [-0.15, -0.1) is 0 Å². The van der Waals surface area contributed by atoms with Gasteiger partial charge in [0.2, 0.25) is 0 Å². The number of benzene rings is 1. The number of rotatable bonds is 8. The van der Waals surface area contributed by atoms with Gasteiger partial charge in [-0.1, -0.05) is 12.1 Å². The Kier molecular flexibility index (Phi) is 5.65. The number of ether oxygens (including phenoxy) is 1. The van der Waals surface area contributed by atoms with E-state index in [1.165, 1.54) is 0 Å². The van der Waals surface area contributed by atoms with Crippen molar-refractivity contribution < 1.29 is 14.3 Å². The zero-order valence-corrected chi connectivity index (χ0v) is 11.6. The Bertz CT molecular complexity index is 496. The van der Waals surface area contributed by atoms with Gasteiger partial charge in [-0.2, -0.15) is 0 Å². The van der Waals surface area contributed by atoms with Crippen LogP contribution in [0.2, 0.25) is 0 Å². The van der Waals surface area contributed by atoms with Crippen LogP contribution in [0.1, 0.15) is 11.1 Å². The van der Waals surface area contributed by atoms with Crippen molar-refractivity contribution in [3.05, 3.63) is 60.4 Å². The highest BCUT2D eigenvalue weighted by atomic mass is 16.5. The van der Waals surface area contributed by atoms with Crippen LogP contribution in [0.25, 0.3) is 0 Å². The Morgan fingerprint density at radius 2 is 2.25 bits per heavy atom. The molecular formula is C16H20NO3. The van der Waals surface area contributed by atoms with Gasteiger partial charge < -0.3 is 19.6 Å². The van der Waals surface area contributed by atoms with E-state index in [1.807, 2.05) is 36.8 Å². The molecule has 2 aromatic rings. The summed E-state index contributed by atoms with van der Waals surface area (Å²) in [6.45, 7) is 1.23. The highest BCUT2D eigenvalue weighted by molar-refractivity contribution is 5.28. The topological polar surface area (TPSA) is 54.6 Å². The monoisotopic (exact) mass is 274 g/mol. The summed E-state index contributed by atoms with van der Waals surface area (Å²) in [7, 11) is 1.65. The summed E-state index contributed by atoms with van der Waals surface area (Å²) < 4.78 is 10.1. The Morgan fingerprint density at radius 1 is 1.35 bits per heavy atom. The molecule has 1 aromatic heterocycles. The zero-order valence-electron chi connectivity index (χ0n) is 11.6. The van der Waals surface area contributed by atoms with Crippen molar-refractivity contribution in [2.75, 3.05) is 13.7 Å². The number of nitrogens with one attached hydrogen (secondary N) is 1. The molecule has 0 saturated heterocycles. The minimum absolute atomic E-state index is 0.476.